The molecular formula is C19H22O8. The highest BCUT2D eigenvalue weighted by Crippen LogP contribution is 2.52. The molecule has 2 rings (SSSR count). The maximum atomic E-state index is 12.1. The van der Waals surface area contributed by atoms with Crippen molar-refractivity contribution in [1.82, 2.24) is 0 Å². The van der Waals surface area contributed by atoms with Gasteiger partial charge in [0.2, 0.25) is 0 Å². The Hall–Kier alpha value is -2.71. The van der Waals surface area contributed by atoms with Crippen molar-refractivity contribution >= 4 is 17.9 Å². The normalized spacial score (nSPS) is 32.7. The van der Waals surface area contributed by atoms with Gasteiger partial charge in [0, 0.05) is 22.5 Å². The molecule has 1 aliphatic heterocycles. The van der Waals surface area contributed by atoms with Gasteiger partial charge in [-0.05, 0) is 6.42 Å². The number of hydrogen-bond acceptors (Lipinski definition) is 7. The molecular weight excluding hydrogens is 356 g/mol. The fourth-order valence-corrected chi connectivity index (χ4v) is 3.76. The first-order valence-corrected chi connectivity index (χ1v) is 8.19. The van der Waals surface area contributed by atoms with Crippen molar-refractivity contribution < 1.29 is 39.2 Å². The Bertz CT molecular complexity index is 736. The lowest BCUT2D eigenvalue weighted by Gasteiger charge is -2.52. The molecule has 0 unspecified atom stereocenters. The van der Waals surface area contributed by atoms with Gasteiger partial charge in [0.05, 0.1) is 24.2 Å². The van der Waals surface area contributed by atoms with Crippen LogP contribution in [0.5, 0.6) is 0 Å². The van der Waals surface area contributed by atoms with Gasteiger partial charge < -0.3 is 24.8 Å². The summed E-state index contributed by atoms with van der Waals surface area (Å²) >= 11 is 0. The molecule has 8 nitrogen and oxygen atoms in total. The predicted molar refractivity (Wildman–Crippen MR) is 93.2 cm³/mol. The van der Waals surface area contributed by atoms with Crippen LogP contribution in [0.1, 0.15) is 6.42 Å². The summed E-state index contributed by atoms with van der Waals surface area (Å²) in [7, 11) is 0. The maximum absolute atomic E-state index is 12.1. The van der Waals surface area contributed by atoms with Gasteiger partial charge in [-0.2, -0.15) is 0 Å². The van der Waals surface area contributed by atoms with Crippen molar-refractivity contribution in [1.29, 1.82) is 0 Å². The number of carboxylic acid groups (broad SMARTS) is 1. The molecule has 27 heavy (non-hydrogen) atoms. The third kappa shape index (κ3) is 3.45. The molecule has 3 N–H and O–H groups in total. The molecule has 0 aromatic heterocycles. The monoisotopic (exact) mass is 378 g/mol. The van der Waals surface area contributed by atoms with Gasteiger partial charge in [0.25, 0.3) is 0 Å². The lowest BCUT2D eigenvalue weighted by atomic mass is 9.57. The molecule has 0 aromatic carbocycles. The SMILES string of the molecule is C=C[C@@]12COC(=O)C(=C)[C@@H]1[C@@H](O)[C@H](C(=C)C(=O)O)[C@@H](OC(=O)C(=C)CO)C2. The Morgan fingerprint density at radius 3 is 2.52 bits per heavy atom. The largest absolute Gasteiger partial charge is 0.478 e. The van der Waals surface area contributed by atoms with Crippen LogP contribution in [0.4, 0.5) is 0 Å². The number of hydrogen-bond donors (Lipinski definition) is 3. The van der Waals surface area contributed by atoms with Gasteiger partial charge in [-0.15, -0.1) is 6.58 Å². The van der Waals surface area contributed by atoms with E-state index in [1.54, 1.807) is 0 Å². The molecule has 1 saturated heterocycles. The van der Waals surface area contributed by atoms with Gasteiger partial charge >= 0.3 is 17.9 Å². The summed E-state index contributed by atoms with van der Waals surface area (Å²) in [6.45, 7) is 13.5. The molecule has 2 fully saturated rings. The molecule has 0 bridgehead atoms. The third-order valence-electron chi connectivity index (χ3n) is 5.24. The van der Waals surface area contributed by atoms with Gasteiger partial charge in [0.15, 0.2) is 0 Å². The van der Waals surface area contributed by atoms with Crippen molar-refractivity contribution in [3.63, 3.8) is 0 Å². The van der Waals surface area contributed by atoms with Gasteiger partial charge in [-0.25, -0.2) is 14.4 Å². The number of aliphatic carboxylic acids is 1. The summed E-state index contributed by atoms with van der Waals surface area (Å²) in [5.74, 6) is -5.06. The Morgan fingerprint density at radius 2 is 2.00 bits per heavy atom. The van der Waals surface area contributed by atoms with Crippen LogP contribution in [0.25, 0.3) is 0 Å². The second-order valence-electron chi connectivity index (χ2n) is 6.77. The Morgan fingerprint density at radius 1 is 1.37 bits per heavy atom. The topological polar surface area (TPSA) is 130 Å². The Kier molecular flexibility index (Phi) is 5.72. The number of cyclic esters (lactones) is 1. The molecule has 8 heteroatoms. The van der Waals surface area contributed by atoms with Gasteiger partial charge in [-0.3, -0.25) is 0 Å². The first-order valence-electron chi connectivity index (χ1n) is 8.19. The third-order valence-corrected chi connectivity index (χ3v) is 5.24. The predicted octanol–water partition coefficient (Wildman–Crippen LogP) is 0.370. The second kappa shape index (κ2) is 7.50. The van der Waals surface area contributed by atoms with E-state index in [4.69, 9.17) is 14.6 Å². The standard InChI is InChI=1S/C19H22O8/c1-5-19-6-12(27-17(24)9(2)7-20)13(10(3)16(22)23)15(21)14(19)11(4)18(25)26-8-19/h5,12-15,20-21H,1-4,6-8H2,(H,22,23)/t12-,13+,14+,15-,19+/m0/s1. The highest BCUT2D eigenvalue weighted by molar-refractivity contribution is 5.91. The van der Waals surface area contributed by atoms with Crippen LogP contribution in [0.15, 0.2) is 49.1 Å². The van der Waals surface area contributed by atoms with E-state index in [-0.39, 0.29) is 29.7 Å². The zero-order valence-corrected chi connectivity index (χ0v) is 14.7. The molecule has 146 valence electrons. The molecule has 0 radical (unpaired) electrons. The van der Waals surface area contributed by atoms with E-state index in [1.807, 2.05) is 0 Å². The number of aliphatic hydroxyl groups excluding tert-OH is 2. The summed E-state index contributed by atoms with van der Waals surface area (Å²) in [5.41, 5.74) is -1.61. The van der Waals surface area contributed by atoms with E-state index in [0.29, 0.717) is 0 Å². The van der Waals surface area contributed by atoms with E-state index in [2.05, 4.69) is 26.3 Å². The van der Waals surface area contributed by atoms with Crippen LogP contribution in [0.3, 0.4) is 0 Å². The molecule has 0 amide bonds. The number of fused-ring (bicyclic) bond motifs is 1. The smallest absolute Gasteiger partial charge is 0.336 e. The van der Waals surface area contributed by atoms with E-state index in [1.165, 1.54) is 6.08 Å². The lowest BCUT2D eigenvalue weighted by molar-refractivity contribution is -0.177. The average molecular weight is 378 g/mol. The first kappa shape index (κ1) is 20.6. The van der Waals surface area contributed by atoms with Gasteiger partial charge in [-0.1, -0.05) is 25.8 Å². The van der Waals surface area contributed by atoms with E-state index in [0.717, 1.165) is 0 Å². The summed E-state index contributed by atoms with van der Waals surface area (Å²) in [5, 5.41) is 29.3. The number of esters is 2. The molecule has 5 atom stereocenters. The highest BCUT2D eigenvalue weighted by Gasteiger charge is 2.58. The van der Waals surface area contributed by atoms with E-state index >= 15 is 0 Å². The minimum atomic E-state index is -1.43. The molecule has 1 heterocycles. The van der Waals surface area contributed by atoms with Crippen LogP contribution in [0.2, 0.25) is 0 Å². The molecule has 0 aromatic rings. The minimum absolute atomic E-state index is 0.0126. The van der Waals surface area contributed by atoms with Crippen molar-refractivity contribution in [3.8, 4) is 0 Å². The van der Waals surface area contributed by atoms with E-state index < -0.39 is 54.0 Å². The number of carboxylic acids is 1. The molecule has 1 aliphatic carbocycles. The first-order chi connectivity index (χ1) is 12.6. The fourth-order valence-electron chi connectivity index (χ4n) is 3.76. The van der Waals surface area contributed by atoms with Crippen LogP contribution in [-0.4, -0.2) is 58.6 Å². The Labute approximate surface area is 156 Å². The summed E-state index contributed by atoms with van der Waals surface area (Å²) in [6.07, 6.45) is -1.04. The average Bonchev–Trinajstić information content (AvgIpc) is 2.63. The van der Waals surface area contributed by atoms with Gasteiger partial charge in [0.1, 0.15) is 12.7 Å². The number of rotatable bonds is 6. The fraction of sp³-hybridized carbons (Fsp3) is 0.421. The maximum Gasteiger partial charge on any atom is 0.336 e. The number of carbonyl (C=O) groups is 3. The number of carbonyl (C=O) groups excluding carboxylic acids is 2. The summed E-state index contributed by atoms with van der Waals surface area (Å²) in [6, 6.07) is 0. The second-order valence-corrected chi connectivity index (χ2v) is 6.77. The van der Waals surface area contributed by atoms with Crippen LogP contribution in [-0.2, 0) is 23.9 Å². The number of ether oxygens (including phenoxy) is 2. The van der Waals surface area contributed by atoms with Crippen LogP contribution < -0.4 is 0 Å². The quantitative estimate of drug-likeness (QED) is 0.343. The highest BCUT2D eigenvalue weighted by atomic mass is 16.6. The van der Waals surface area contributed by atoms with E-state index in [9.17, 15) is 24.6 Å². The molecule has 1 saturated carbocycles. The molecule has 0 spiro atoms. The Balaban J connectivity index is 2.49. The number of aliphatic hydroxyl groups is 2. The van der Waals surface area contributed by atoms with Crippen molar-refractivity contribution in [3.05, 3.63) is 49.1 Å². The summed E-state index contributed by atoms with van der Waals surface area (Å²) in [4.78, 5) is 35.5. The lowest BCUT2D eigenvalue weighted by Crippen LogP contribution is -2.59. The van der Waals surface area contributed by atoms with Crippen molar-refractivity contribution in [2.24, 2.45) is 17.3 Å². The zero-order valence-electron chi connectivity index (χ0n) is 14.7. The van der Waals surface area contributed by atoms with Crippen LogP contribution >= 0.6 is 0 Å². The molecule has 2 aliphatic rings. The summed E-state index contributed by atoms with van der Waals surface area (Å²) < 4.78 is 10.4. The van der Waals surface area contributed by atoms with Crippen molar-refractivity contribution in [2.75, 3.05) is 13.2 Å². The minimum Gasteiger partial charge on any atom is -0.478 e. The zero-order chi connectivity index (χ0) is 20.5. The van der Waals surface area contributed by atoms with Crippen molar-refractivity contribution in [2.45, 2.75) is 18.6 Å². The van der Waals surface area contributed by atoms with Crippen LogP contribution in [0, 0.1) is 17.3 Å².